The van der Waals surface area contributed by atoms with Crippen LogP contribution in [0.1, 0.15) is 82.4 Å². The molecule has 3 aromatic carbocycles. The van der Waals surface area contributed by atoms with Crippen molar-refractivity contribution in [2.24, 2.45) is 17.8 Å². The first-order chi connectivity index (χ1) is 17.4. The molecule has 3 nitrogen and oxygen atoms in total. The molecule has 0 amide bonds. The van der Waals surface area contributed by atoms with E-state index >= 15 is 0 Å². The third-order valence-electron chi connectivity index (χ3n) is 7.55. The zero-order valence-corrected chi connectivity index (χ0v) is 23.7. The lowest BCUT2D eigenvalue weighted by molar-refractivity contribution is -0.136. The lowest BCUT2D eigenvalue weighted by Gasteiger charge is -2.30. The minimum absolute atomic E-state index is 0.141. The highest BCUT2D eigenvalue weighted by Gasteiger charge is 2.53. The van der Waals surface area contributed by atoms with Gasteiger partial charge < -0.3 is 9.47 Å². The summed E-state index contributed by atoms with van der Waals surface area (Å²) in [5, 5.41) is 0. The van der Waals surface area contributed by atoms with E-state index in [1.54, 1.807) is 0 Å². The number of carbonyl (C=O) groups excluding carboxylic acids is 1. The summed E-state index contributed by atoms with van der Waals surface area (Å²) in [6, 6.07) is 24.9. The van der Waals surface area contributed by atoms with Gasteiger partial charge in [-0.2, -0.15) is 0 Å². The number of carbonyl (C=O) groups is 1. The quantitative estimate of drug-likeness (QED) is 0.243. The van der Waals surface area contributed by atoms with Gasteiger partial charge in [0.1, 0.15) is 11.9 Å². The Morgan fingerprint density at radius 3 is 1.70 bits per heavy atom. The Morgan fingerprint density at radius 2 is 1.27 bits per heavy atom. The maximum atomic E-state index is 13.5. The Labute approximate surface area is 223 Å². The maximum absolute atomic E-state index is 13.5. The average Bonchev–Trinajstić information content (AvgIpc) is 3.49. The molecule has 3 atom stereocenters. The molecule has 1 aliphatic rings. The molecule has 196 valence electrons. The van der Waals surface area contributed by atoms with E-state index < -0.39 is 0 Å². The molecule has 3 unspecified atom stereocenters. The Morgan fingerprint density at radius 1 is 0.811 bits per heavy atom. The number of benzene rings is 3. The van der Waals surface area contributed by atoms with E-state index in [9.17, 15) is 4.79 Å². The highest BCUT2D eigenvalue weighted by atomic mass is 16.5. The van der Waals surface area contributed by atoms with Crippen LogP contribution in [0.4, 0.5) is 0 Å². The van der Waals surface area contributed by atoms with Crippen LogP contribution in [0.3, 0.4) is 0 Å². The second kappa shape index (κ2) is 10.5. The van der Waals surface area contributed by atoms with Crippen molar-refractivity contribution >= 4 is 5.97 Å². The van der Waals surface area contributed by atoms with Gasteiger partial charge in [-0.15, -0.1) is 0 Å². The molecule has 0 spiro atoms. The lowest BCUT2D eigenvalue weighted by Crippen LogP contribution is -2.23. The van der Waals surface area contributed by atoms with E-state index in [0.717, 1.165) is 28.0 Å². The Bertz CT molecular complexity index is 1140. The fourth-order valence-corrected chi connectivity index (χ4v) is 5.20. The number of hydrogen-bond acceptors (Lipinski definition) is 3. The summed E-state index contributed by atoms with van der Waals surface area (Å²) in [5.41, 5.74) is 5.31. The number of rotatable bonds is 7. The molecule has 3 aromatic rings. The SMILES string of the molecule is Cc1cc(C(C)(C)C)c(OC(=O)C2C(C)C2COC(c2ccccc2)c2ccccc2)c(C(C)(C)C)c1. The first-order valence-corrected chi connectivity index (χ1v) is 13.5. The van der Waals surface area contributed by atoms with E-state index in [-0.39, 0.29) is 40.7 Å². The molecular weight excluding hydrogens is 456 g/mol. The van der Waals surface area contributed by atoms with Crippen LogP contribution >= 0.6 is 0 Å². The van der Waals surface area contributed by atoms with Gasteiger partial charge in [0.15, 0.2) is 0 Å². The van der Waals surface area contributed by atoms with Crippen molar-refractivity contribution in [2.45, 2.75) is 72.3 Å². The molecule has 4 rings (SSSR count). The van der Waals surface area contributed by atoms with E-state index in [1.807, 2.05) is 36.4 Å². The number of ether oxygens (including phenoxy) is 2. The summed E-state index contributed by atoms with van der Waals surface area (Å²) < 4.78 is 12.8. The first-order valence-electron chi connectivity index (χ1n) is 13.5. The lowest BCUT2D eigenvalue weighted by atomic mass is 9.78. The van der Waals surface area contributed by atoms with Gasteiger partial charge in [0, 0.05) is 11.1 Å². The molecule has 1 saturated carbocycles. The van der Waals surface area contributed by atoms with Gasteiger partial charge in [0.2, 0.25) is 0 Å². The van der Waals surface area contributed by atoms with Crippen molar-refractivity contribution in [3.05, 3.63) is 101 Å². The predicted octanol–water partition coefficient (Wildman–Crippen LogP) is 8.18. The molecule has 0 aromatic heterocycles. The van der Waals surface area contributed by atoms with Crippen LogP contribution in [-0.2, 0) is 20.4 Å². The Hall–Kier alpha value is -2.91. The largest absolute Gasteiger partial charge is 0.426 e. The van der Waals surface area contributed by atoms with E-state index in [1.165, 1.54) is 5.56 Å². The number of hydrogen-bond donors (Lipinski definition) is 0. The molecule has 0 aliphatic heterocycles. The van der Waals surface area contributed by atoms with Gasteiger partial charge in [-0.1, -0.05) is 127 Å². The summed E-state index contributed by atoms with van der Waals surface area (Å²) >= 11 is 0. The first kappa shape index (κ1) is 27.1. The van der Waals surface area contributed by atoms with Gasteiger partial charge in [-0.3, -0.25) is 4.79 Å². The van der Waals surface area contributed by atoms with Crippen molar-refractivity contribution in [2.75, 3.05) is 6.61 Å². The molecule has 0 heterocycles. The van der Waals surface area contributed by atoms with E-state index in [0.29, 0.717) is 6.61 Å². The van der Waals surface area contributed by atoms with Crippen LogP contribution in [0, 0.1) is 24.7 Å². The average molecular weight is 499 g/mol. The van der Waals surface area contributed by atoms with Crippen LogP contribution in [0.2, 0.25) is 0 Å². The van der Waals surface area contributed by atoms with Crippen molar-refractivity contribution in [1.82, 2.24) is 0 Å². The van der Waals surface area contributed by atoms with Gasteiger partial charge in [-0.25, -0.2) is 0 Å². The minimum atomic E-state index is -0.163. The smallest absolute Gasteiger partial charge is 0.315 e. The van der Waals surface area contributed by atoms with Crippen molar-refractivity contribution in [3.8, 4) is 5.75 Å². The zero-order chi connectivity index (χ0) is 27.0. The normalized spacial score (nSPS) is 19.6. The number of esters is 1. The van der Waals surface area contributed by atoms with Crippen LogP contribution in [0.25, 0.3) is 0 Å². The second-order valence-corrected chi connectivity index (χ2v) is 12.7. The maximum Gasteiger partial charge on any atom is 0.315 e. The molecular formula is C34H42O3. The summed E-state index contributed by atoms with van der Waals surface area (Å²) in [7, 11) is 0. The van der Waals surface area contributed by atoms with E-state index in [4.69, 9.17) is 9.47 Å². The number of aryl methyl sites for hydroxylation is 1. The van der Waals surface area contributed by atoms with Crippen molar-refractivity contribution in [3.63, 3.8) is 0 Å². The molecule has 1 fully saturated rings. The molecule has 0 bridgehead atoms. The molecule has 0 radical (unpaired) electrons. The van der Waals surface area contributed by atoms with Gasteiger partial charge in [-0.05, 0) is 40.7 Å². The van der Waals surface area contributed by atoms with Crippen LogP contribution in [-0.4, -0.2) is 12.6 Å². The third-order valence-corrected chi connectivity index (χ3v) is 7.55. The van der Waals surface area contributed by atoms with Gasteiger partial charge in [0.05, 0.1) is 12.5 Å². The third kappa shape index (κ3) is 6.15. The molecule has 1 aliphatic carbocycles. The predicted molar refractivity (Wildman–Crippen MR) is 151 cm³/mol. The van der Waals surface area contributed by atoms with Crippen molar-refractivity contribution in [1.29, 1.82) is 0 Å². The fraction of sp³-hybridized carbons (Fsp3) is 0.441. The fourth-order valence-electron chi connectivity index (χ4n) is 5.20. The highest BCUT2D eigenvalue weighted by Crippen LogP contribution is 2.49. The summed E-state index contributed by atoms with van der Waals surface area (Å²) in [5.74, 6) is 0.803. The summed E-state index contributed by atoms with van der Waals surface area (Å²) in [4.78, 5) is 13.5. The van der Waals surface area contributed by atoms with Gasteiger partial charge >= 0.3 is 5.97 Å². The zero-order valence-electron chi connectivity index (χ0n) is 23.7. The summed E-state index contributed by atoms with van der Waals surface area (Å²) in [6.07, 6.45) is -0.163. The van der Waals surface area contributed by atoms with Crippen LogP contribution in [0.5, 0.6) is 5.75 Å². The van der Waals surface area contributed by atoms with Crippen LogP contribution < -0.4 is 4.74 Å². The standard InChI is InChI=1S/C34H42O3/c1-22-19-27(33(3,4)5)31(28(20-22)34(6,7)8)37-32(35)29-23(2)26(29)21-36-30(24-15-11-9-12-16-24)25-17-13-10-14-18-25/h9-20,23,26,29-30H,21H2,1-8H3. The molecule has 0 saturated heterocycles. The molecule has 0 N–H and O–H groups in total. The Balaban J connectivity index is 1.53. The minimum Gasteiger partial charge on any atom is -0.426 e. The second-order valence-electron chi connectivity index (χ2n) is 12.7. The Kier molecular flexibility index (Phi) is 7.67. The molecule has 37 heavy (non-hydrogen) atoms. The topological polar surface area (TPSA) is 35.5 Å². The highest BCUT2D eigenvalue weighted by molar-refractivity contribution is 5.80. The van der Waals surface area contributed by atoms with Gasteiger partial charge in [0.25, 0.3) is 0 Å². The van der Waals surface area contributed by atoms with Crippen molar-refractivity contribution < 1.29 is 14.3 Å². The summed E-state index contributed by atoms with van der Waals surface area (Å²) in [6.45, 7) is 17.8. The van der Waals surface area contributed by atoms with E-state index in [2.05, 4.69) is 91.8 Å². The van der Waals surface area contributed by atoms with Crippen LogP contribution in [0.15, 0.2) is 72.8 Å². The molecule has 3 heteroatoms. The monoisotopic (exact) mass is 498 g/mol.